The van der Waals surface area contributed by atoms with Crippen molar-refractivity contribution in [1.82, 2.24) is 10.6 Å². The maximum atomic E-state index is 12.4. The molecule has 0 radical (unpaired) electrons. The van der Waals surface area contributed by atoms with E-state index in [9.17, 15) is 14.4 Å². The van der Waals surface area contributed by atoms with Gasteiger partial charge in [0.2, 0.25) is 5.91 Å². The molecule has 2 N–H and O–H groups in total. The Morgan fingerprint density at radius 1 is 0.893 bits per heavy atom. The maximum absolute atomic E-state index is 12.4. The van der Waals surface area contributed by atoms with Crippen molar-refractivity contribution in [2.24, 2.45) is 11.8 Å². The Kier molecular flexibility index (Phi) is 10.1. The van der Waals surface area contributed by atoms with Gasteiger partial charge < -0.3 is 15.4 Å². The monoisotopic (exact) mass is 408 g/mol. The third-order valence-corrected chi connectivity index (χ3v) is 5.65. The molecule has 28 heavy (non-hydrogen) atoms. The van der Waals surface area contributed by atoms with Crippen LogP contribution in [0.5, 0.6) is 0 Å². The summed E-state index contributed by atoms with van der Waals surface area (Å²) < 4.78 is 5.15. The molecule has 0 aliphatic heterocycles. The van der Waals surface area contributed by atoms with E-state index in [0.29, 0.717) is 22.3 Å². The van der Waals surface area contributed by atoms with Crippen molar-refractivity contribution in [2.75, 3.05) is 12.4 Å². The highest BCUT2D eigenvalue weighted by molar-refractivity contribution is 8.00. The molecular weight excluding hydrogens is 376 g/mol. The van der Waals surface area contributed by atoms with Gasteiger partial charge in [0.15, 0.2) is 6.61 Å². The summed E-state index contributed by atoms with van der Waals surface area (Å²) in [6.45, 7) is 11.6. The second-order valence-corrected chi connectivity index (χ2v) is 8.58. The van der Waals surface area contributed by atoms with Gasteiger partial charge in [0.05, 0.1) is 11.3 Å². The smallest absolute Gasteiger partial charge is 0.339 e. The zero-order valence-electron chi connectivity index (χ0n) is 17.6. The fraction of sp³-hybridized carbons (Fsp3) is 0.571. The molecule has 0 spiro atoms. The van der Waals surface area contributed by atoms with Crippen molar-refractivity contribution in [3.8, 4) is 0 Å². The van der Waals surface area contributed by atoms with Gasteiger partial charge >= 0.3 is 5.97 Å². The highest BCUT2D eigenvalue weighted by atomic mass is 32.2. The first kappa shape index (κ1) is 24.0. The van der Waals surface area contributed by atoms with E-state index in [2.05, 4.69) is 10.6 Å². The zero-order valence-corrected chi connectivity index (χ0v) is 18.4. The van der Waals surface area contributed by atoms with E-state index >= 15 is 0 Å². The molecule has 0 unspecified atom stereocenters. The van der Waals surface area contributed by atoms with Gasteiger partial charge in [0.1, 0.15) is 0 Å². The van der Waals surface area contributed by atoms with E-state index < -0.39 is 5.97 Å². The molecule has 7 heteroatoms. The lowest BCUT2D eigenvalue weighted by molar-refractivity contribution is -0.125. The second kappa shape index (κ2) is 11.7. The Balaban J connectivity index is 2.61. The molecule has 2 amide bonds. The van der Waals surface area contributed by atoms with Gasteiger partial charge in [-0.05, 0) is 37.8 Å². The summed E-state index contributed by atoms with van der Waals surface area (Å²) in [4.78, 5) is 37.0. The second-order valence-electron chi connectivity index (χ2n) is 7.56. The molecule has 156 valence electrons. The van der Waals surface area contributed by atoms with Crippen molar-refractivity contribution >= 4 is 29.5 Å². The van der Waals surface area contributed by atoms with Gasteiger partial charge in [-0.25, -0.2) is 4.79 Å². The van der Waals surface area contributed by atoms with Crippen LogP contribution in [-0.2, 0) is 14.3 Å². The Morgan fingerprint density at radius 3 is 2.00 bits per heavy atom. The quantitative estimate of drug-likeness (QED) is 0.459. The van der Waals surface area contributed by atoms with Gasteiger partial charge in [0.25, 0.3) is 5.91 Å². The number of amides is 2. The lowest BCUT2D eigenvalue weighted by Gasteiger charge is -2.18. The number of thioether (sulfide) groups is 1. The molecule has 0 aliphatic carbocycles. The normalized spacial score (nSPS) is 13.1. The first-order valence-electron chi connectivity index (χ1n) is 9.59. The summed E-state index contributed by atoms with van der Waals surface area (Å²) in [7, 11) is 0. The number of esters is 1. The number of ether oxygens (including phenoxy) is 1. The number of hydrogen-bond donors (Lipinski definition) is 2. The standard InChI is InChI=1S/C21H32N2O4S/c1-13(2)15(5)22-19(24)11-27-21(26)17-9-7-8-10-18(17)28-12-20(25)23-16(6)14(3)4/h7-10,13-16H,11-12H2,1-6H3,(H,22,24)(H,23,25)/t15-,16+/m1/s1. The summed E-state index contributed by atoms with van der Waals surface area (Å²) in [5.74, 6) is -0.153. The summed E-state index contributed by atoms with van der Waals surface area (Å²) in [6.07, 6.45) is 0. The minimum Gasteiger partial charge on any atom is -0.452 e. The third kappa shape index (κ3) is 8.33. The highest BCUT2D eigenvalue weighted by Crippen LogP contribution is 2.23. The first-order chi connectivity index (χ1) is 13.1. The van der Waals surface area contributed by atoms with Gasteiger partial charge in [-0.3, -0.25) is 9.59 Å². The Labute approximate surface area is 172 Å². The fourth-order valence-electron chi connectivity index (χ4n) is 2.04. The van der Waals surface area contributed by atoms with Crippen molar-refractivity contribution in [2.45, 2.75) is 58.5 Å². The van der Waals surface area contributed by atoms with Crippen LogP contribution in [0.2, 0.25) is 0 Å². The van der Waals surface area contributed by atoms with Gasteiger partial charge in [-0.15, -0.1) is 11.8 Å². The molecule has 2 atom stereocenters. The molecule has 1 aromatic carbocycles. The molecule has 0 bridgehead atoms. The number of rotatable bonds is 10. The number of hydrogen-bond acceptors (Lipinski definition) is 5. The molecule has 0 saturated heterocycles. The molecule has 0 aromatic heterocycles. The number of benzene rings is 1. The summed E-state index contributed by atoms with van der Waals surface area (Å²) in [5, 5.41) is 5.73. The van der Waals surface area contributed by atoms with Crippen molar-refractivity contribution < 1.29 is 19.1 Å². The Morgan fingerprint density at radius 2 is 1.43 bits per heavy atom. The van der Waals surface area contributed by atoms with Crippen LogP contribution in [0.4, 0.5) is 0 Å². The molecule has 6 nitrogen and oxygen atoms in total. The van der Waals surface area contributed by atoms with Crippen LogP contribution >= 0.6 is 11.8 Å². The van der Waals surface area contributed by atoms with Crippen LogP contribution in [0.15, 0.2) is 29.2 Å². The molecule has 1 aromatic rings. The van der Waals surface area contributed by atoms with Crippen molar-refractivity contribution in [3.05, 3.63) is 29.8 Å². The topological polar surface area (TPSA) is 84.5 Å². The summed E-state index contributed by atoms with van der Waals surface area (Å²) in [6, 6.07) is 7.00. The molecule has 0 saturated carbocycles. The molecule has 0 heterocycles. The Bertz CT molecular complexity index is 676. The van der Waals surface area contributed by atoms with E-state index in [-0.39, 0.29) is 36.3 Å². The third-order valence-electron chi connectivity index (χ3n) is 4.58. The van der Waals surface area contributed by atoms with E-state index in [0.717, 1.165) is 0 Å². The van der Waals surface area contributed by atoms with Crippen LogP contribution in [0.25, 0.3) is 0 Å². The van der Waals surface area contributed by atoms with E-state index in [1.165, 1.54) is 11.8 Å². The SMILES string of the molecule is CC(C)[C@H](C)NC(=O)CSc1ccccc1C(=O)OCC(=O)N[C@H](C)C(C)C. The van der Waals surface area contributed by atoms with E-state index in [1.54, 1.807) is 24.3 Å². The number of nitrogens with one attached hydrogen (secondary N) is 2. The van der Waals surface area contributed by atoms with Crippen molar-refractivity contribution in [1.29, 1.82) is 0 Å². The molecule has 1 rings (SSSR count). The van der Waals surface area contributed by atoms with Crippen LogP contribution in [0.3, 0.4) is 0 Å². The summed E-state index contributed by atoms with van der Waals surface area (Å²) in [5.41, 5.74) is 0.349. The van der Waals surface area contributed by atoms with Gasteiger partial charge in [-0.1, -0.05) is 39.8 Å². The average Bonchev–Trinajstić information content (AvgIpc) is 2.64. The maximum Gasteiger partial charge on any atom is 0.339 e. The fourth-order valence-corrected chi connectivity index (χ4v) is 2.89. The minimum atomic E-state index is -0.577. The van der Waals surface area contributed by atoms with E-state index in [1.807, 2.05) is 41.5 Å². The largest absolute Gasteiger partial charge is 0.452 e. The van der Waals surface area contributed by atoms with Crippen molar-refractivity contribution in [3.63, 3.8) is 0 Å². The van der Waals surface area contributed by atoms with Gasteiger partial charge in [-0.2, -0.15) is 0 Å². The minimum absolute atomic E-state index is 0.000729. The number of carbonyl (C=O) groups is 3. The predicted molar refractivity (Wildman–Crippen MR) is 112 cm³/mol. The lowest BCUT2D eigenvalue weighted by atomic mass is 10.1. The molecule has 0 aliphatic rings. The Hall–Kier alpha value is -2.02. The van der Waals surface area contributed by atoms with Gasteiger partial charge in [0, 0.05) is 17.0 Å². The lowest BCUT2D eigenvalue weighted by Crippen LogP contribution is -2.38. The highest BCUT2D eigenvalue weighted by Gasteiger charge is 2.17. The molecular formula is C21H32N2O4S. The zero-order chi connectivity index (χ0) is 21.3. The molecule has 0 fully saturated rings. The summed E-state index contributed by atoms with van der Waals surface area (Å²) >= 11 is 1.27. The average molecular weight is 409 g/mol. The van der Waals surface area contributed by atoms with Crippen LogP contribution < -0.4 is 10.6 Å². The van der Waals surface area contributed by atoms with E-state index in [4.69, 9.17) is 4.74 Å². The predicted octanol–water partition coefficient (Wildman–Crippen LogP) is 3.26. The number of carbonyl (C=O) groups excluding carboxylic acids is 3. The van der Waals surface area contributed by atoms with Crippen LogP contribution in [0, 0.1) is 11.8 Å². The van der Waals surface area contributed by atoms with Crippen LogP contribution in [-0.4, -0.2) is 42.2 Å². The first-order valence-corrected chi connectivity index (χ1v) is 10.6. The van der Waals surface area contributed by atoms with Crippen LogP contribution in [0.1, 0.15) is 51.9 Å².